The number of aromatic nitrogens is 2. The molecule has 0 saturated carbocycles. The fraction of sp³-hybridized carbons (Fsp3) is 0.412. The number of carbonyl (C=O) groups excluding carboxylic acids is 1. The van der Waals surface area contributed by atoms with Gasteiger partial charge in [0.15, 0.2) is 0 Å². The van der Waals surface area contributed by atoms with Crippen LogP contribution in [0.15, 0.2) is 36.5 Å². The molecule has 1 saturated heterocycles. The number of aryl methyl sites for hydroxylation is 1. The summed E-state index contributed by atoms with van der Waals surface area (Å²) >= 11 is 0. The molecule has 116 valence electrons. The van der Waals surface area contributed by atoms with Crippen LogP contribution >= 0.6 is 0 Å². The average Bonchev–Trinajstić information content (AvgIpc) is 2.96. The van der Waals surface area contributed by atoms with E-state index in [1.807, 2.05) is 17.9 Å². The van der Waals surface area contributed by atoms with E-state index in [1.54, 1.807) is 6.20 Å². The van der Waals surface area contributed by atoms with Crippen LogP contribution < -0.4 is 0 Å². The number of hydrogen-bond acceptors (Lipinski definition) is 3. The number of benzene rings is 1. The SMILES string of the molecule is Cc1[nH]ncc1C(=O)N1CCN(C)C(Cc2ccccc2)C1. The van der Waals surface area contributed by atoms with Crippen LogP contribution in [0.1, 0.15) is 21.6 Å². The number of piperazine rings is 1. The van der Waals surface area contributed by atoms with Crippen molar-refractivity contribution in [3.05, 3.63) is 53.3 Å². The summed E-state index contributed by atoms with van der Waals surface area (Å²) in [6.45, 7) is 4.32. The minimum atomic E-state index is 0.0809. The van der Waals surface area contributed by atoms with E-state index in [-0.39, 0.29) is 5.91 Å². The van der Waals surface area contributed by atoms with Gasteiger partial charge in [-0.3, -0.25) is 14.8 Å². The second-order valence-corrected chi connectivity index (χ2v) is 5.98. The lowest BCUT2D eigenvalue weighted by atomic mass is 10.0. The molecule has 1 aliphatic heterocycles. The summed E-state index contributed by atoms with van der Waals surface area (Å²) in [7, 11) is 2.14. The maximum absolute atomic E-state index is 12.6. The van der Waals surface area contributed by atoms with Gasteiger partial charge < -0.3 is 4.90 Å². The van der Waals surface area contributed by atoms with E-state index in [0.29, 0.717) is 11.6 Å². The third-order valence-corrected chi connectivity index (χ3v) is 4.44. The second-order valence-electron chi connectivity index (χ2n) is 5.98. The van der Waals surface area contributed by atoms with Gasteiger partial charge in [0.2, 0.25) is 0 Å². The minimum absolute atomic E-state index is 0.0809. The van der Waals surface area contributed by atoms with Gasteiger partial charge in [-0.05, 0) is 26.0 Å². The van der Waals surface area contributed by atoms with Crippen LogP contribution in [0, 0.1) is 6.92 Å². The number of nitrogens with zero attached hydrogens (tertiary/aromatic N) is 3. The Morgan fingerprint density at radius 3 is 2.77 bits per heavy atom. The lowest BCUT2D eigenvalue weighted by molar-refractivity contribution is 0.0547. The van der Waals surface area contributed by atoms with Crippen LogP contribution in [0.2, 0.25) is 0 Å². The first-order valence-corrected chi connectivity index (χ1v) is 7.68. The van der Waals surface area contributed by atoms with Crippen molar-refractivity contribution in [2.24, 2.45) is 0 Å². The van der Waals surface area contributed by atoms with Crippen molar-refractivity contribution < 1.29 is 4.79 Å². The zero-order valence-corrected chi connectivity index (χ0v) is 13.1. The van der Waals surface area contributed by atoms with Gasteiger partial charge in [0, 0.05) is 31.4 Å². The molecule has 1 aliphatic rings. The van der Waals surface area contributed by atoms with Crippen molar-refractivity contribution in [2.45, 2.75) is 19.4 Å². The fourth-order valence-corrected chi connectivity index (χ4v) is 2.97. The Bertz CT molecular complexity index is 637. The maximum atomic E-state index is 12.6. The fourth-order valence-electron chi connectivity index (χ4n) is 2.97. The van der Waals surface area contributed by atoms with E-state index < -0.39 is 0 Å². The second kappa shape index (κ2) is 6.32. The molecule has 1 aromatic carbocycles. The molecular formula is C17H22N4O. The molecule has 1 amide bonds. The summed E-state index contributed by atoms with van der Waals surface area (Å²) in [6, 6.07) is 10.8. The summed E-state index contributed by atoms with van der Waals surface area (Å²) < 4.78 is 0. The number of rotatable bonds is 3. The molecule has 2 heterocycles. The summed E-state index contributed by atoms with van der Waals surface area (Å²) in [4.78, 5) is 16.9. The Kier molecular flexibility index (Phi) is 4.24. The van der Waals surface area contributed by atoms with Crippen molar-refractivity contribution >= 4 is 5.91 Å². The molecule has 2 aromatic rings. The summed E-state index contributed by atoms with van der Waals surface area (Å²) in [5.41, 5.74) is 2.83. The van der Waals surface area contributed by atoms with Gasteiger partial charge in [0.05, 0.1) is 11.8 Å². The molecule has 1 fully saturated rings. The lowest BCUT2D eigenvalue weighted by Gasteiger charge is -2.39. The highest BCUT2D eigenvalue weighted by atomic mass is 16.2. The van der Waals surface area contributed by atoms with Gasteiger partial charge in [-0.25, -0.2) is 0 Å². The van der Waals surface area contributed by atoms with Gasteiger partial charge in [-0.2, -0.15) is 5.10 Å². The predicted molar refractivity (Wildman–Crippen MR) is 85.8 cm³/mol. The van der Waals surface area contributed by atoms with Crippen molar-refractivity contribution in [3.8, 4) is 0 Å². The average molecular weight is 298 g/mol. The van der Waals surface area contributed by atoms with Crippen molar-refractivity contribution in [1.82, 2.24) is 20.0 Å². The first-order chi connectivity index (χ1) is 10.6. The Hall–Kier alpha value is -2.14. The first kappa shape index (κ1) is 14.8. The molecule has 22 heavy (non-hydrogen) atoms. The Balaban J connectivity index is 1.71. The zero-order chi connectivity index (χ0) is 15.5. The summed E-state index contributed by atoms with van der Waals surface area (Å²) in [5, 5.41) is 6.80. The van der Waals surface area contributed by atoms with Crippen LogP contribution in [-0.4, -0.2) is 58.6 Å². The molecule has 5 nitrogen and oxygen atoms in total. The van der Waals surface area contributed by atoms with Crippen molar-refractivity contribution in [2.75, 3.05) is 26.7 Å². The number of amides is 1. The maximum Gasteiger partial charge on any atom is 0.257 e. The lowest BCUT2D eigenvalue weighted by Crippen LogP contribution is -2.54. The van der Waals surface area contributed by atoms with Crippen LogP contribution in [0.25, 0.3) is 0 Å². The smallest absolute Gasteiger partial charge is 0.257 e. The van der Waals surface area contributed by atoms with Gasteiger partial charge in [0.25, 0.3) is 5.91 Å². The Morgan fingerprint density at radius 1 is 1.32 bits per heavy atom. The predicted octanol–water partition coefficient (Wildman–Crippen LogP) is 1.72. The number of H-pyrrole nitrogens is 1. The number of nitrogens with one attached hydrogen (secondary N) is 1. The third-order valence-electron chi connectivity index (χ3n) is 4.44. The van der Waals surface area contributed by atoms with E-state index in [9.17, 15) is 4.79 Å². The molecule has 0 bridgehead atoms. The molecule has 0 aliphatic carbocycles. The highest BCUT2D eigenvalue weighted by Gasteiger charge is 2.28. The molecule has 1 unspecified atom stereocenters. The Morgan fingerprint density at radius 2 is 2.09 bits per heavy atom. The topological polar surface area (TPSA) is 52.2 Å². The van der Waals surface area contributed by atoms with Crippen LogP contribution in [-0.2, 0) is 6.42 Å². The highest BCUT2D eigenvalue weighted by Crippen LogP contribution is 2.16. The number of likely N-dealkylation sites (N-methyl/N-ethyl adjacent to an activating group) is 1. The van der Waals surface area contributed by atoms with E-state index in [1.165, 1.54) is 5.56 Å². The molecule has 1 atom stereocenters. The van der Waals surface area contributed by atoms with E-state index in [4.69, 9.17) is 0 Å². The zero-order valence-electron chi connectivity index (χ0n) is 13.1. The van der Waals surface area contributed by atoms with Crippen LogP contribution in [0.3, 0.4) is 0 Å². The monoisotopic (exact) mass is 298 g/mol. The highest BCUT2D eigenvalue weighted by molar-refractivity contribution is 5.95. The molecular weight excluding hydrogens is 276 g/mol. The van der Waals surface area contributed by atoms with Gasteiger partial charge >= 0.3 is 0 Å². The van der Waals surface area contributed by atoms with Crippen LogP contribution in [0.5, 0.6) is 0 Å². The van der Waals surface area contributed by atoms with Crippen molar-refractivity contribution in [1.29, 1.82) is 0 Å². The van der Waals surface area contributed by atoms with Crippen LogP contribution in [0.4, 0.5) is 0 Å². The van der Waals surface area contributed by atoms with E-state index >= 15 is 0 Å². The molecule has 5 heteroatoms. The quantitative estimate of drug-likeness (QED) is 0.938. The first-order valence-electron chi connectivity index (χ1n) is 7.68. The molecule has 1 aromatic heterocycles. The van der Waals surface area contributed by atoms with E-state index in [2.05, 4.69) is 46.4 Å². The summed E-state index contributed by atoms with van der Waals surface area (Å²) in [6.07, 6.45) is 2.59. The normalized spacial score (nSPS) is 19.4. The summed E-state index contributed by atoms with van der Waals surface area (Å²) in [5.74, 6) is 0.0809. The van der Waals surface area contributed by atoms with Gasteiger partial charge in [0.1, 0.15) is 0 Å². The standard InChI is InChI=1S/C17H22N4O/c1-13-16(11-18-19-13)17(22)21-9-8-20(2)15(12-21)10-14-6-4-3-5-7-14/h3-7,11,15H,8-10,12H2,1-2H3,(H,18,19). The number of aromatic amines is 1. The molecule has 0 radical (unpaired) electrons. The molecule has 0 spiro atoms. The largest absolute Gasteiger partial charge is 0.336 e. The Labute approximate surface area is 130 Å². The van der Waals surface area contributed by atoms with E-state index in [0.717, 1.165) is 31.7 Å². The third kappa shape index (κ3) is 3.04. The number of hydrogen-bond donors (Lipinski definition) is 1. The molecule has 1 N–H and O–H groups in total. The van der Waals surface area contributed by atoms with Gasteiger partial charge in [-0.15, -0.1) is 0 Å². The van der Waals surface area contributed by atoms with Gasteiger partial charge in [-0.1, -0.05) is 30.3 Å². The molecule has 3 rings (SSSR count). The number of carbonyl (C=O) groups is 1. The van der Waals surface area contributed by atoms with Crippen molar-refractivity contribution in [3.63, 3.8) is 0 Å². The minimum Gasteiger partial charge on any atom is -0.336 e.